The number of pyridine rings is 3. The lowest BCUT2D eigenvalue weighted by molar-refractivity contribution is -0.120. The molecule has 11 nitrogen and oxygen atoms in total. The number of carboxylic acids is 1. The van der Waals surface area contributed by atoms with Crippen LogP contribution in [-0.4, -0.2) is 63.7 Å². The van der Waals surface area contributed by atoms with Crippen LogP contribution in [0, 0.1) is 12.8 Å². The standard InChI is InChI=1S/C24H23N7O4S/c1-13-8-18(30-10-14(11-30)22(33)27-17-5-4-15(9-26-17)29(2)3)28-21-19(13)20(32)16(23(34)35)12-31(21)24-25-6-7-36-24/h4-9,12,14H,10-11H2,1-3H3,(H,34,35)(H,26,27,33). The normalized spacial score (nSPS) is 13.5. The Balaban J connectivity index is 1.40. The van der Waals surface area contributed by atoms with Gasteiger partial charge in [-0.3, -0.25) is 14.2 Å². The molecule has 5 rings (SSSR count). The van der Waals surface area contributed by atoms with Gasteiger partial charge in [0.15, 0.2) is 10.8 Å². The maximum atomic E-state index is 12.9. The van der Waals surface area contributed by atoms with Crippen molar-refractivity contribution in [2.75, 3.05) is 42.3 Å². The number of carbonyl (C=O) groups is 2. The van der Waals surface area contributed by atoms with Crippen molar-refractivity contribution in [3.8, 4) is 5.13 Å². The van der Waals surface area contributed by atoms with Crippen LogP contribution in [0.25, 0.3) is 16.2 Å². The number of aromatic carboxylic acids is 1. The van der Waals surface area contributed by atoms with Gasteiger partial charge < -0.3 is 20.2 Å². The summed E-state index contributed by atoms with van der Waals surface area (Å²) in [5.41, 5.74) is 0.936. The van der Waals surface area contributed by atoms with E-state index >= 15 is 0 Å². The van der Waals surface area contributed by atoms with Gasteiger partial charge in [-0.1, -0.05) is 0 Å². The minimum atomic E-state index is -1.31. The van der Waals surface area contributed by atoms with E-state index in [-0.39, 0.29) is 22.8 Å². The molecule has 1 aliphatic heterocycles. The highest BCUT2D eigenvalue weighted by molar-refractivity contribution is 7.12. The fourth-order valence-corrected chi connectivity index (χ4v) is 4.67. The molecule has 12 heteroatoms. The van der Waals surface area contributed by atoms with E-state index in [1.807, 2.05) is 30.0 Å². The van der Waals surface area contributed by atoms with E-state index in [0.29, 0.717) is 41.1 Å². The molecular formula is C24H23N7O4S. The maximum absolute atomic E-state index is 12.9. The quantitative estimate of drug-likeness (QED) is 0.405. The summed E-state index contributed by atoms with van der Waals surface area (Å²) < 4.78 is 1.54. The summed E-state index contributed by atoms with van der Waals surface area (Å²) >= 11 is 1.31. The fourth-order valence-electron chi connectivity index (χ4n) is 4.06. The van der Waals surface area contributed by atoms with Crippen LogP contribution in [0.1, 0.15) is 15.9 Å². The molecule has 4 aromatic heterocycles. The number of hydrogen-bond acceptors (Lipinski definition) is 9. The maximum Gasteiger partial charge on any atom is 0.341 e. The number of carbonyl (C=O) groups excluding carboxylic acids is 1. The Kier molecular flexibility index (Phi) is 5.88. The molecule has 0 radical (unpaired) electrons. The second-order valence-corrected chi connectivity index (χ2v) is 9.62. The molecule has 184 valence electrons. The van der Waals surface area contributed by atoms with Crippen LogP contribution in [-0.2, 0) is 4.79 Å². The molecule has 1 amide bonds. The minimum absolute atomic E-state index is 0.125. The summed E-state index contributed by atoms with van der Waals surface area (Å²) in [7, 11) is 3.84. The number of thiazole rings is 1. The first kappa shape index (κ1) is 23.4. The van der Waals surface area contributed by atoms with Gasteiger partial charge in [0.2, 0.25) is 11.3 Å². The zero-order valence-electron chi connectivity index (χ0n) is 19.8. The van der Waals surface area contributed by atoms with Crippen molar-refractivity contribution < 1.29 is 14.7 Å². The molecule has 0 unspecified atom stereocenters. The zero-order valence-corrected chi connectivity index (χ0v) is 20.6. The zero-order chi connectivity index (χ0) is 25.6. The van der Waals surface area contributed by atoms with Crippen molar-refractivity contribution in [3.05, 3.63) is 63.5 Å². The number of nitrogens with zero attached hydrogens (tertiary/aromatic N) is 6. The molecule has 2 N–H and O–H groups in total. The molecule has 5 heterocycles. The summed E-state index contributed by atoms with van der Waals surface area (Å²) in [6, 6.07) is 5.40. The number of carboxylic acid groups (broad SMARTS) is 1. The van der Waals surface area contributed by atoms with E-state index in [0.717, 1.165) is 5.69 Å². The second kappa shape index (κ2) is 9.04. The SMILES string of the molecule is Cc1cc(N2CC(C(=O)Nc3ccc(N(C)C)cn3)C2)nc2c1c(=O)c(C(=O)O)cn2-c1nccs1. The minimum Gasteiger partial charge on any atom is -0.477 e. The van der Waals surface area contributed by atoms with Gasteiger partial charge in [0.25, 0.3) is 0 Å². The number of fused-ring (bicyclic) bond motifs is 1. The molecule has 0 aliphatic carbocycles. The summed E-state index contributed by atoms with van der Waals surface area (Å²) in [5, 5.41) is 14.9. The molecule has 1 fully saturated rings. The van der Waals surface area contributed by atoms with E-state index < -0.39 is 11.4 Å². The molecule has 0 atom stereocenters. The number of hydrogen-bond donors (Lipinski definition) is 2. The number of amides is 1. The van der Waals surface area contributed by atoms with Crippen molar-refractivity contribution >= 4 is 51.6 Å². The average molecular weight is 506 g/mol. The van der Waals surface area contributed by atoms with Crippen LogP contribution >= 0.6 is 11.3 Å². The van der Waals surface area contributed by atoms with E-state index in [4.69, 9.17) is 4.98 Å². The summed E-state index contributed by atoms with van der Waals surface area (Å²) in [6.45, 7) is 2.66. The van der Waals surface area contributed by atoms with Crippen molar-refractivity contribution in [1.29, 1.82) is 0 Å². The summed E-state index contributed by atoms with van der Waals surface area (Å²) in [4.78, 5) is 54.5. The van der Waals surface area contributed by atoms with Gasteiger partial charge in [-0.25, -0.2) is 19.7 Å². The first-order valence-electron chi connectivity index (χ1n) is 11.1. The molecule has 0 saturated carbocycles. The largest absolute Gasteiger partial charge is 0.477 e. The van der Waals surface area contributed by atoms with E-state index in [1.165, 1.54) is 22.1 Å². The predicted molar refractivity (Wildman–Crippen MR) is 138 cm³/mol. The van der Waals surface area contributed by atoms with Crippen LogP contribution in [0.15, 0.2) is 47.0 Å². The molecule has 4 aromatic rings. The predicted octanol–water partition coefficient (Wildman–Crippen LogP) is 2.38. The lowest BCUT2D eigenvalue weighted by Gasteiger charge is -2.39. The van der Waals surface area contributed by atoms with Gasteiger partial charge in [0.05, 0.1) is 23.2 Å². The van der Waals surface area contributed by atoms with E-state index in [1.54, 1.807) is 36.8 Å². The van der Waals surface area contributed by atoms with Gasteiger partial charge >= 0.3 is 5.97 Å². The Labute approximate surface area is 209 Å². The number of rotatable bonds is 6. The van der Waals surface area contributed by atoms with Crippen LogP contribution in [0.2, 0.25) is 0 Å². The molecule has 1 aliphatic rings. The lowest BCUT2D eigenvalue weighted by Crippen LogP contribution is -2.52. The number of anilines is 3. The van der Waals surface area contributed by atoms with Crippen molar-refractivity contribution in [2.45, 2.75) is 6.92 Å². The molecule has 0 bridgehead atoms. The van der Waals surface area contributed by atoms with Crippen LogP contribution in [0.4, 0.5) is 17.3 Å². The van der Waals surface area contributed by atoms with Crippen molar-refractivity contribution in [2.24, 2.45) is 5.92 Å². The second-order valence-electron chi connectivity index (χ2n) is 8.74. The highest BCUT2D eigenvalue weighted by Gasteiger charge is 2.34. The third-order valence-corrected chi connectivity index (χ3v) is 6.86. The number of nitrogens with one attached hydrogen (secondary N) is 1. The van der Waals surface area contributed by atoms with Crippen LogP contribution < -0.4 is 20.5 Å². The summed E-state index contributed by atoms with van der Waals surface area (Å²) in [5.74, 6) is -0.581. The lowest BCUT2D eigenvalue weighted by atomic mass is 9.98. The molecule has 0 aromatic carbocycles. The highest BCUT2D eigenvalue weighted by Crippen LogP contribution is 2.29. The third-order valence-electron chi connectivity index (χ3n) is 6.09. The van der Waals surface area contributed by atoms with Crippen molar-refractivity contribution in [3.63, 3.8) is 0 Å². The average Bonchev–Trinajstić information content (AvgIpc) is 3.33. The first-order chi connectivity index (χ1) is 17.2. The van der Waals surface area contributed by atoms with Gasteiger partial charge in [0, 0.05) is 45.0 Å². The molecule has 0 spiro atoms. The molecular weight excluding hydrogens is 482 g/mol. The number of aryl methyl sites for hydroxylation is 1. The fraction of sp³-hybridized carbons (Fsp3) is 0.250. The Hall–Kier alpha value is -4.32. The first-order valence-corrected chi connectivity index (χ1v) is 12.0. The molecule has 36 heavy (non-hydrogen) atoms. The Bertz CT molecular complexity index is 1530. The highest BCUT2D eigenvalue weighted by atomic mass is 32.1. The number of aromatic nitrogens is 4. The van der Waals surface area contributed by atoms with Crippen molar-refractivity contribution in [1.82, 2.24) is 19.5 Å². The van der Waals surface area contributed by atoms with Crippen LogP contribution in [0.3, 0.4) is 0 Å². The third kappa shape index (κ3) is 4.15. The topological polar surface area (TPSA) is 134 Å². The van der Waals surface area contributed by atoms with Gasteiger partial charge in [0.1, 0.15) is 17.2 Å². The van der Waals surface area contributed by atoms with E-state index in [9.17, 15) is 19.5 Å². The summed E-state index contributed by atoms with van der Waals surface area (Å²) in [6.07, 6.45) is 4.56. The smallest absolute Gasteiger partial charge is 0.341 e. The van der Waals surface area contributed by atoms with Gasteiger partial charge in [-0.05, 0) is 30.7 Å². The molecule has 1 saturated heterocycles. The van der Waals surface area contributed by atoms with Gasteiger partial charge in [-0.15, -0.1) is 11.3 Å². The van der Waals surface area contributed by atoms with E-state index in [2.05, 4.69) is 15.3 Å². The van der Waals surface area contributed by atoms with Gasteiger partial charge in [-0.2, -0.15) is 0 Å². The Morgan fingerprint density at radius 2 is 2.00 bits per heavy atom. The van der Waals surface area contributed by atoms with Crippen LogP contribution in [0.5, 0.6) is 0 Å². The Morgan fingerprint density at radius 3 is 2.61 bits per heavy atom. The Morgan fingerprint density at radius 1 is 1.22 bits per heavy atom. The monoisotopic (exact) mass is 505 g/mol.